The lowest BCUT2D eigenvalue weighted by atomic mass is 9.99. The molecule has 1 atom stereocenters. The first-order valence-corrected chi connectivity index (χ1v) is 7.42. The lowest BCUT2D eigenvalue weighted by Gasteiger charge is -2.13. The molecule has 0 saturated carbocycles. The minimum Gasteiger partial charge on any atom is -0.481 e. The standard InChI is InChI=1S/C17H20N2O4/c1-11-15(12(2)23-19-11)9-16(20)18-10-14(17(21)22)8-13-6-4-3-5-7-13/h3-7,14H,8-10H2,1-2H3,(H,18,20)(H,21,22). The van der Waals surface area contributed by atoms with Crippen LogP contribution in [-0.2, 0) is 22.4 Å². The molecule has 0 fully saturated rings. The Hall–Kier alpha value is -2.63. The molecule has 0 spiro atoms. The molecule has 0 aliphatic heterocycles. The summed E-state index contributed by atoms with van der Waals surface area (Å²) in [6.45, 7) is 3.61. The average Bonchev–Trinajstić information content (AvgIpc) is 2.84. The Morgan fingerprint density at radius 3 is 2.52 bits per heavy atom. The van der Waals surface area contributed by atoms with Gasteiger partial charge in [-0.15, -0.1) is 0 Å². The first-order chi connectivity index (χ1) is 11.0. The van der Waals surface area contributed by atoms with Gasteiger partial charge < -0.3 is 14.9 Å². The molecule has 2 aromatic rings. The minimum absolute atomic E-state index is 0.0897. The molecule has 0 saturated heterocycles. The Kier molecular flexibility index (Phi) is 5.51. The molecule has 0 aliphatic carbocycles. The van der Waals surface area contributed by atoms with Crippen molar-refractivity contribution in [3.63, 3.8) is 0 Å². The number of carbonyl (C=O) groups is 2. The molecular formula is C17H20N2O4. The van der Waals surface area contributed by atoms with Gasteiger partial charge in [0.2, 0.25) is 5.91 Å². The first-order valence-electron chi connectivity index (χ1n) is 7.42. The van der Waals surface area contributed by atoms with Gasteiger partial charge in [-0.3, -0.25) is 9.59 Å². The summed E-state index contributed by atoms with van der Waals surface area (Å²) < 4.78 is 5.01. The molecule has 1 amide bonds. The molecule has 2 rings (SSSR count). The van der Waals surface area contributed by atoms with Crippen molar-refractivity contribution < 1.29 is 19.2 Å². The van der Waals surface area contributed by atoms with Crippen molar-refractivity contribution in [2.75, 3.05) is 6.54 Å². The number of aromatic nitrogens is 1. The van der Waals surface area contributed by atoms with Crippen molar-refractivity contribution in [1.82, 2.24) is 10.5 Å². The van der Waals surface area contributed by atoms with Gasteiger partial charge in [0.15, 0.2) is 0 Å². The average molecular weight is 316 g/mol. The summed E-state index contributed by atoms with van der Waals surface area (Å²) in [5, 5.41) is 15.8. The summed E-state index contributed by atoms with van der Waals surface area (Å²) in [5.74, 6) is -1.21. The number of carboxylic acid groups (broad SMARTS) is 1. The van der Waals surface area contributed by atoms with Crippen LogP contribution in [0.15, 0.2) is 34.9 Å². The second-order valence-electron chi connectivity index (χ2n) is 5.51. The fourth-order valence-electron chi connectivity index (χ4n) is 2.36. The highest BCUT2D eigenvalue weighted by atomic mass is 16.5. The molecule has 6 nitrogen and oxygen atoms in total. The molecule has 0 aliphatic rings. The normalized spacial score (nSPS) is 11.9. The Morgan fingerprint density at radius 2 is 1.96 bits per heavy atom. The van der Waals surface area contributed by atoms with Crippen LogP contribution in [0, 0.1) is 19.8 Å². The number of nitrogens with zero attached hydrogens (tertiary/aromatic N) is 1. The van der Waals surface area contributed by atoms with E-state index in [0.717, 1.165) is 11.1 Å². The van der Waals surface area contributed by atoms with Crippen LogP contribution in [0.1, 0.15) is 22.6 Å². The molecule has 23 heavy (non-hydrogen) atoms. The number of carboxylic acids is 1. The fraction of sp³-hybridized carbons (Fsp3) is 0.353. The molecular weight excluding hydrogens is 296 g/mol. The maximum Gasteiger partial charge on any atom is 0.308 e. The molecule has 2 N–H and O–H groups in total. The van der Waals surface area contributed by atoms with Gasteiger partial charge >= 0.3 is 5.97 Å². The van der Waals surface area contributed by atoms with Gasteiger partial charge in [0.25, 0.3) is 0 Å². The molecule has 122 valence electrons. The van der Waals surface area contributed by atoms with Gasteiger partial charge in [0.1, 0.15) is 5.76 Å². The number of aliphatic carboxylic acids is 1. The van der Waals surface area contributed by atoms with Gasteiger partial charge in [-0.05, 0) is 25.8 Å². The third kappa shape index (κ3) is 4.67. The third-order valence-electron chi connectivity index (χ3n) is 3.74. The number of benzene rings is 1. The van der Waals surface area contributed by atoms with Crippen LogP contribution in [0.2, 0.25) is 0 Å². The number of hydrogen-bond acceptors (Lipinski definition) is 4. The Morgan fingerprint density at radius 1 is 1.26 bits per heavy atom. The summed E-state index contributed by atoms with van der Waals surface area (Å²) >= 11 is 0. The number of carbonyl (C=O) groups excluding carboxylic acids is 1. The number of rotatable bonds is 7. The van der Waals surface area contributed by atoms with Crippen LogP contribution < -0.4 is 5.32 Å². The van der Waals surface area contributed by atoms with Crippen LogP contribution in [0.3, 0.4) is 0 Å². The second-order valence-corrected chi connectivity index (χ2v) is 5.51. The Labute approximate surface area is 134 Å². The van der Waals surface area contributed by atoms with Crippen LogP contribution in [-0.4, -0.2) is 28.7 Å². The quantitative estimate of drug-likeness (QED) is 0.814. The molecule has 1 aromatic carbocycles. The molecule has 1 unspecified atom stereocenters. The maximum absolute atomic E-state index is 12.0. The van der Waals surface area contributed by atoms with Crippen LogP contribution in [0.4, 0.5) is 0 Å². The summed E-state index contributed by atoms with van der Waals surface area (Å²) in [6.07, 6.45) is 0.515. The lowest BCUT2D eigenvalue weighted by Crippen LogP contribution is -2.35. The van der Waals surface area contributed by atoms with Gasteiger partial charge in [0, 0.05) is 12.1 Å². The van der Waals surface area contributed by atoms with E-state index in [2.05, 4.69) is 10.5 Å². The third-order valence-corrected chi connectivity index (χ3v) is 3.74. The predicted molar refractivity (Wildman–Crippen MR) is 84.0 cm³/mol. The largest absolute Gasteiger partial charge is 0.481 e. The molecule has 6 heteroatoms. The number of aryl methyl sites for hydroxylation is 2. The predicted octanol–water partition coefficient (Wildman–Crippen LogP) is 1.89. The van der Waals surface area contributed by atoms with E-state index in [1.54, 1.807) is 13.8 Å². The van der Waals surface area contributed by atoms with E-state index in [4.69, 9.17) is 4.52 Å². The molecule has 0 bridgehead atoms. The van der Waals surface area contributed by atoms with Crippen molar-refractivity contribution >= 4 is 11.9 Å². The van der Waals surface area contributed by atoms with E-state index in [1.807, 2.05) is 30.3 Å². The Bertz CT molecular complexity index is 660. The zero-order valence-corrected chi connectivity index (χ0v) is 13.2. The van der Waals surface area contributed by atoms with Crippen molar-refractivity contribution in [2.45, 2.75) is 26.7 Å². The zero-order chi connectivity index (χ0) is 16.8. The highest BCUT2D eigenvalue weighted by Crippen LogP contribution is 2.13. The first kappa shape index (κ1) is 16.7. The van der Waals surface area contributed by atoms with Gasteiger partial charge in [-0.25, -0.2) is 0 Å². The molecule has 1 aromatic heterocycles. The van der Waals surface area contributed by atoms with Crippen LogP contribution >= 0.6 is 0 Å². The van der Waals surface area contributed by atoms with Gasteiger partial charge in [-0.2, -0.15) is 0 Å². The summed E-state index contributed by atoms with van der Waals surface area (Å²) in [7, 11) is 0. The smallest absolute Gasteiger partial charge is 0.308 e. The lowest BCUT2D eigenvalue weighted by molar-refractivity contribution is -0.141. The highest BCUT2D eigenvalue weighted by molar-refractivity contribution is 5.80. The summed E-state index contributed by atoms with van der Waals surface area (Å²) in [5.41, 5.74) is 2.36. The second kappa shape index (κ2) is 7.58. The Balaban J connectivity index is 1.91. The zero-order valence-electron chi connectivity index (χ0n) is 13.2. The van der Waals surface area contributed by atoms with Crippen molar-refractivity contribution in [2.24, 2.45) is 5.92 Å². The summed E-state index contributed by atoms with van der Waals surface area (Å²) in [4.78, 5) is 23.4. The van der Waals surface area contributed by atoms with E-state index in [-0.39, 0.29) is 18.9 Å². The van der Waals surface area contributed by atoms with Crippen LogP contribution in [0.5, 0.6) is 0 Å². The van der Waals surface area contributed by atoms with Crippen LogP contribution in [0.25, 0.3) is 0 Å². The minimum atomic E-state index is -0.925. The van der Waals surface area contributed by atoms with Crippen molar-refractivity contribution in [3.8, 4) is 0 Å². The van der Waals surface area contributed by atoms with E-state index in [9.17, 15) is 14.7 Å². The molecule has 1 heterocycles. The van der Waals surface area contributed by atoms with E-state index >= 15 is 0 Å². The maximum atomic E-state index is 12.0. The highest BCUT2D eigenvalue weighted by Gasteiger charge is 2.20. The van der Waals surface area contributed by atoms with Crippen molar-refractivity contribution in [3.05, 3.63) is 52.9 Å². The molecule has 0 radical (unpaired) electrons. The summed E-state index contributed by atoms with van der Waals surface area (Å²) in [6, 6.07) is 9.36. The fourth-order valence-corrected chi connectivity index (χ4v) is 2.36. The van der Waals surface area contributed by atoms with E-state index in [0.29, 0.717) is 17.9 Å². The number of amides is 1. The van der Waals surface area contributed by atoms with Gasteiger partial charge in [0.05, 0.1) is 18.0 Å². The monoisotopic (exact) mass is 316 g/mol. The number of nitrogens with one attached hydrogen (secondary N) is 1. The van der Waals surface area contributed by atoms with Crippen molar-refractivity contribution in [1.29, 1.82) is 0 Å². The van der Waals surface area contributed by atoms with E-state index < -0.39 is 11.9 Å². The van der Waals surface area contributed by atoms with Gasteiger partial charge in [-0.1, -0.05) is 35.5 Å². The number of hydrogen-bond donors (Lipinski definition) is 2. The SMILES string of the molecule is Cc1noc(C)c1CC(=O)NCC(Cc1ccccc1)C(=O)O. The van der Waals surface area contributed by atoms with E-state index in [1.165, 1.54) is 0 Å². The topological polar surface area (TPSA) is 92.4 Å².